The summed E-state index contributed by atoms with van der Waals surface area (Å²) in [4.78, 5) is 19.8. The molecule has 0 saturated carbocycles. The molecule has 2 atom stereocenters. The molecule has 1 aromatic heterocycles. The quantitative estimate of drug-likeness (QED) is 0.367. The van der Waals surface area contributed by atoms with E-state index in [9.17, 15) is 9.90 Å². The normalized spacial score (nSPS) is 23.8. The van der Waals surface area contributed by atoms with Crippen molar-refractivity contribution in [1.82, 2.24) is 9.88 Å². The summed E-state index contributed by atoms with van der Waals surface area (Å²) in [5, 5.41) is 12.7. The van der Waals surface area contributed by atoms with Gasteiger partial charge in [0.05, 0.1) is 18.2 Å². The highest BCUT2D eigenvalue weighted by Crippen LogP contribution is 2.47. The molecule has 7 rings (SSSR count). The van der Waals surface area contributed by atoms with Gasteiger partial charge in [-0.3, -0.25) is 0 Å². The van der Waals surface area contributed by atoms with E-state index < -0.39 is 5.60 Å². The molecule has 1 amide bonds. The van der Waals surface area contributed by atoms with Gasteiger partial charge in [-0.2, -0.15) is 0 Å². The van der Waals surface area contributed by atoms with Crippen LogP contribution in [0.5, 0.6) is 5.88 Å². The van der Waals surface area contributed by atoms with E-state index in [1.807, 2.05) is 47.4 Å². The molecule has 3 heterocycles. The zero-order chi connectivity index (χ0) is 25.9. The predicted octanol–water partition coefficient (Wildman–Crippen LogP) is 6.01. The summed E-state index contributed by atoms with van der Waals surface area (Å²) in [5.41, 5.74) is 5.58. The average molecular weight is 507 g/mol. The highest BCUT2D eigenvalue weighted by Gasteiger charge is 2.50. The summed E-state index contributed by atoms with van der Waals surface area (Å²) in [6, 6.07) is 26.4. The third kappa shape index (κ3) is 3.66. The van der Waals surface area contributed by atoms with Gasteiger partial charge in [0.25, 0.3) is 0 Å². The van der Waals surface area contributed by atoms with Crippen LogP contribution < -0.4 is 4.74 Å². The van der Waals surface area contributed by atoms with Crippen molar-refractivity contribution in [2.75, 3.05) is 13.7 Å². The maximum atomic E-state index is 13.4. The Morgan fingerprint density at radius 2 is 1.61 bits per heavy atom. The van der Waals surface area contributed by atoms with E-state index in [2.05, 4.69) is 41.4 Å². The first-order valence-corrected chi connectivity index (χ1v) is 13.3. The SMILES string of the molecule is COc1ccc2cc(C3(O)CC4CCC(C3)N4C(=O)OCC3c4ccccc4-c4ccccc43)ccc2n1. The van der Waals surface area contributed by atoms with Gasteiger partial charge in [-0.15, -0.1) is 0 Å². The van der Waals surface area contributed by atoms with Crippen LogP contribution in [0.15, 0.2) is 78.9 Å². The lowest BCUT2D eigenvalue weighted by molar-refractivity contribution is -0.0530. The van der Waals surface area contributed by atoms with Crippen molar-refractivity contribution >= 4 is 17.0 Å². The smallest absolute Gasteiger partial charge is 0.410 e. The number of piperidine rings is 1. The molecule has 2 bridgehead atoms. The number of aromatic nitrogens is 1. The second-order valence-corrected chi connectivity index (χ2v) is 10.8. The average Bonchev–Trinajstić information content (AvgIpc) is 3.43. The van der Waals surface area contributed by atoms with Crippen LogP contribution in [0.25, 0.3) is 22.0 Å². The Bertz CT molecular complexity index is 1490. The standard InChI is InChI=1S/C32H30N2O4/c1-37-30-15-10-20-16-21(11-14-29(20)33-30)32(36)17-22-12-13-23(18-32)34(22)31(35)38-19-28-26-8-4-2-6-24(26)25-7-3-5-9-27(25)28/h2-11,14-16,22-23,28,36H,12-13,17-19H2,1H3. The topological polar surface area (TPSA) is 71.9 Å². The van der Waals surface area contributed by atoms with Crippen LogP contribution in [0.3, 0.4) is 0 Å². The Hall–Kier alpha value is -3.90. The number of aliphatic hydroxyl groups is 1. The number of benzene rings is 3. The molecule has 3 aliphatic rings. The number of carbonyl (C=O) groups is 1. The number of methoxy groups -OCH3 is 1. The van der Waals surface area contributed by atoms with Gasteiger partial charge in [-0.05, 0) is 58.9 Å². The Morgan fingerprint density at radius 3 is 2.26 bits per heavy atom. The molecule has 0 spiro atoms. The van der Waals surface area contributed by atoms with Crippen LogP contribution in [0.1, 0.15) is 48.3 Å². The summed E-state index contributed by atoms with van der Waals surface area (Å²) in [7, 11) is 1.60. The van der Waals surface area contributed by atoms with Crippen LogP contribution in [-0.2, 0) is 10.3 Å². The zero-order valence-corrected chi connectivity index (χ0v) is 21.3. The van der Waals surface area contributed by atoms with Gasteiger partial charge < -0.3 is 19.5 Å². The second kappa shape index (κ2) is 8.84. The first-order chi connectivity index (χ1) is 18.5. The highest BCUT2D eigenvalue weighted by molar-refractivity contribution is 5.81. The summed E-state index contributed by atoms with van der Waals surface area (Å²) in [5.74, 6) is 0.606. The first kappa shape index (κ1) is 23.2. The minimum absolute atomic E-state index is 0.0376. The Balaban J connectivity index is 1.08. The van der Waals surface area contributed by atoms with Gasteiger partial charge in [0, 0.05) is 42.3 Å². The molecule has 2 aliphatic heterocycles. The summed E-state index contributed by atoms with van der Waals surface area (Å²) in [6.45, 7) is 0.314. The summed E-state index contributed by atoms with van der Waals surface area (Å²) >= 11 is 0. The van der Waals surface area contributed by atoms with Crippen LogP contribution in [-0.4, -0.2) is 46.9 Å². The van der Waals surface area contributed by atoms with E-state index in [1.165, 1.54) is 22.3 Å². The molecule has 3 aromatic carbocycles. The second-order valence-electron chi connectivity index (χ2n) is 10.8. The lowest BCUT2D eigenvalue weighted by atomic mass is 9.80. The van der Waals surface area contributed by atoms with Crippen molar-refractivity contribution < 1.29 is 19.4 Å². The van der Waals surface area contributed by atoms with E-state index in [4.69, 9.17) is 9.47 Å². The third-order valence-electron chi connectivity index (χ3n) is 8.72. The van der Waals surface area contributed by atoms with E-state index in [0.717, 1.165) is 29.3 Å². The minimum Gasteiger partial charge on any atom is -0.481 e. The van der Waals surface area contributed by atoms with Crippen LogP contribution in [0.2, 0.25) is 0 Å². The largest absolute Gasteiger partial charge is 0.481 e. The fourth-order valence-corrected chi connectivity index (χ4v) is 6.94. The van der Waals surface area contributed by atoms with Gasteiger partial charge in [-0.1, -0.05) is 54.6 Å². The molecule has 6 nitrogen and oxygen atoms in total. The molecule has 2 saturated heterocycles. The van der Waals surface area contributed by atoms with Gasteiger partial charge in [0.2, 0.25) is 5.88 Å². The molecular weight excluding hydrogens is 476 g/mol. The number of amides is 1. The minimum atomic E-state index is -0.986. The number of rotatable bonds is 4. The highest BCUT2D eigenvalue weighted by atomic mass is 16.6. The molecule has 1 N–H and O–H groups in total. The van der Waals surface area contributed by atoms with Crippen LogP contribution in [0.4, 0.5) is 4.79 Å². The molecule has 0 radical (unpaired) electrons. The number of hydrogen-bond acceptors (Lipinski definition) is 5. The Labute approximate surface area is 221 Å². The Morgan fingerprint density at radius 1 is 0.947 bits per heavy atom. The molecular formula is C32H30N2O4. The lowest BCUT2D eigenvalue weighted by Gasteiger charge is -2.43. The molecule has 38 heavy (non-hydrogen) atoms. The van der Waals surface area contributed by atoms with Crippen molar-refractivity contribution in [1.29, 1.82) is 0 Å². The Kier molecular flexibility index (Phi) is 5.41. The van der Waals surface area contributed by atoms with Crippen LogP contribution in [0, 0.1) is 0 Å². The molecule has 6 heteroatoms. The lowest BCUT2D eigenvalue weighted by Crippen LogP contribution is -2.52. The van der Waals surface area contributed by atoms with Gasteiger partial charge >= 0.3 is 6.09 Å². The van der Waals surface area contributed by atoms with Gasteiger partial charge in [0.15, 0.2) is 0 Å². The fourth-order valence-electron chi connectivity index (χ4n) is 6.94. The van der Waals surface area contributed by atoms with Crippen LogP contribution >= 0.6 is 0 Å². The molecule has 2 fully saturated rings. The number of hydrogen-bond donors (Lipinski definition) is 1. The van der Waals surface area contributed by atoms with E-state index in [0.29, 0.717) is 25.3 Å². The summed E-state index contributed by atoms with van der Waals surface area (Å²) in [6.07, 6.45) is 2.50. The van der Waals surface area contributed by atoms with Crippen molar-refractivity contribution in [3.63, 3.8) is 0 Å². The molecule has 192 valence electrons. The maximum Gasteiger partial charge on any atom is 0.410 e. The van der Waals surface area contributed by atoms with Crippen molar-refractivity contribution in [2.24, 2.45) is 0 Å². The number of fused-ring (bicyclic) bond motifs is 6. The first-order valence-electron chi connectivity index (χ1n) is 13.3. The van der Waals surface area contributed by atoms with Gasteiger partial charge in [-0.25, -0.2) is 9.78 Å². The molecule has 1 aliphatic carbocycles. The number of ether oxygens (including phenoxy) is 2. The predicted molar refractivity (Wildman–Crippen MR) is 145 cm³/mol. The molecule has 2 unspecified atom stereocenters. The third-order valence-corrected chi connectivity index (χ3v) is 8.72. The zero-order valence-electron chi connectivity index (χ0n) is 21.3. The van der Waals surface area contributed by atoms with E-state index >= 15 is 0 Å². The van der Waals surface area contributed by atoms with E-state index in [-0.39, 0.29) is 24.1 Å². The monoisotopic (exact) mass is 506 g/mol. The summed E-state index contributed by atoms with van der Waals surface area (Å²) < 4.78 is 11.2. The number of nitrogens with zero attached hydrogens (tertiary/aromatic N) is 2. The van der Waals surface area contributed by atoms with E-state index in [1.54, 1.807) is 7.11 Å². The maximum absolute atomic E-state index is 13.4. The molecule has 4 aromatic rings. The number of pyridine rings is 1. The number of carbonyl (C=O) groups excluding carboxylic acids is 1. The van der Waals surface area contributed by atoms with Crippen molar-refractivity contribution in [3.8, 4) is 17.0 Å². The fraction of sp³-hybridized carbons (Fsp3) is 0.312. The van der Waals surface area contributed by atoms with Gasteiger partial charge in [0.1, 0.15) is 6.61 Å². The van der Waals surface area contributed by atoms with Crippen molar-refractivity contribution in [2.45, 2.75) is 49.3 Å². The van der Waals surface area contributed by atoms with Crippen molar-refractivity contribution in [3.05, 3.63) is 95.6 Å².